The summed E-state index contributed by atoms with van der Waals surface area (Å²) in [5.74, 6) is -0.0981. The van der Waals surface area contributed by atoms with Crippen LogP contribution in [0.4, 0.5) is 0 Å². The van der Waals surface area contributed by atoms with Crippen molar-refractivity contribution in [1.29, 1.82) is 0 Å². The van der Waals surface area contributed by atoms with Gasteiger partial charge in [-0.25, -0.2) is 8.42 Å². The summed E-state index contributed by atoms with van der Waals surface area (Å²) in [6, 6.07) is 7.96. The normalized spacial score (nSPS) is 15.2. The minimum absolute atomic E-state index is 0.0981. The van der Waals surface area contributed by atoms with Crippen LogP contribution in [0.2, 0.25) is 0 Å². The van der Waals surface area contributed by atoms with Crippen LogP contribution in [0.15, 0.2) is 30.5 Å². The molecular weight excluding hydrogens is 314 g/mol. The van der Waals surface area contributed by atoms with E-state index in [4.69, 9.17) is 0 Å². The average molecular weight is 335 g/mol. The summed E-state index contributed by atoms with van der Waals surface area (Å²) >= 11 is 0. The molecule has 0 aliphatic heterocycles. The van der Waals surface area contributed by atoms with Crippen LogP contribution in [0.1, 0.15) is 18.4 Å². The van der Waals surface area contributed by atoms with Crippen LogP contribution in [0.25, 0.3) is 10.9 Å². The minimum Gasteiger partial charge on any atom is -0.361 e. The van der Waals surface area contributed by atoms with E-state index >= 15 is 0 Å². The Morgan fingerprint density at radius 1 is 1.35 bits per heavy atom. The van der Waals surface area contributed by atoms with Gasteiger partial charge in [0.05, 0.1) is 12.7 Å². The van der Waals surface area contributed by atoms with Gasteiger partial charge in [-0.05, 0) is 24.5 Å². The molecule has 1 aliphatic carbocycles. The highest BCUT2D eigenvalue weighted by atomic mass is 32.2. The molecule has 0 saturated heterocycles. The van der Waals surface area contributed by atoms with Gasteiger partial charge in [0, 0.05) is 36.2 Å². The van der Waals surface area contributed by atoms with Gasteiger partial charge in [0.15, 0.2) is 0 Å². The van der Waals surface area contributed by atoms with Crippen molar-refractivity contribution >= 4 is 26.8 Å². The summed E-state index contributed by atoms with van der Waals surface area (Å²) in [4.78, 5) is 15.2. The molecule has 0 spiro atoms. The molecule has 2 N–H and O–H groups in total. The van der Waals surface area contributed by atoms with E-state index in [2.05, 4.69) is 10.3 Å². The van der Waals surface area contributed by atoms with Gasteiger partial charge in [0.2, 0.25) is 15.9 Å². The van der Waals surface area contributed by atoms with Gasteiger partial charge in [0.1, 0.15) is 0 Å². The topological polar surface area (TPSA) is 82.3 Å². The van der Waals surface area contributed by atoms with Crippen LogP contribution in [0.3, 0.4) is 0 Å². The third kappa shape index (κ3) is 3.92. The number of aromatic nitrogens is 1. The highest BCUT2D eigenvalue weighted by molar-refractivity contribution is 7.88. The van der Waals surface area contributed by atoms with E-state index in [0.29, 0.717) is 13.1 Å². The predicted octanol–water partition coefficient (Wildman–Crippen LogP) is 1.25. The molecule has 1 fully saturated rings. The summed E-state index contributed by atoms with van der Waals surface area (Å²) in [7, 11) is -3.20. The fourth-order valence-electron chi connectivity index (χ4n) is 2.80. The van der Waals surface area contributed by atoms with Gasteiger partial charge in [-0.15, -0.1) is 0 Å². The number of carbonyl (C=O) groups excluding carboxylic acids is 1. The molecule has 1 amide bonds. The molecule has 0 bridgehead atoms. The molecule has 1 heterocycles. The minimum atomic E-state index is -3.20. The molecule has 1 aromatic carbocycles. The van der Waals surface area contributed by atoms with Crippen LogP contribution in [0, 0.1) is 0 Å². The maximum Gasteiger partial charge on any atom is 0.224 e. The summed E-state index contributed by atoms with van der Waals surface area (Å²) in [5.41, 5.74) is 1.95. The van der Waals surface area contributed by atoms with Crippen molar-refractivity contribution in [2.24, 2.45) is 0 Å². The van der Waals surface area contributed by atoms with E-state index in [9.17, 15) is 13.2 Å². The number of para-hydroxylation sites is 1. The molecule has 0 atom stereocenters. The number of nitrogens with zero attached hydrogens (tertiary/aromatic N) is 1. The first kappa shape index (κ1) is 16.0. The molecule has 1 aliphatic rings. The van der Waals surface area contributed by atoms with Crippen molar-refractivity contribution < 1.29 is 13.2 Å². The van der Waals surface area contributed by atoms with Crippen LogP contribution in [-0.4, -0.2) is 49.0 Å². The number of H-pyrrole nitrogens is 1. The van der Waals surface area contributed by atoms with Crippen LogP contribution in [-0.2, 0) is 21.2 Å². The van der Waals surface area contributed by atoms with Crippen molar-refractivity contribution in [2.75, 3.05) is 19.3 Å². The molecule has 2 aromatic rings. The Labute approximate surface area is 135 Å². The Hall–Kier alpha value is -1.86. The first-order valence-corrected chi connectivity index (χ1v) is 9.58. The van der Waals surface area contributed by atoms with Crippen molar-refractivity contribution in [3.8, 4) is 0 Å². The van der Waals surface area contributed by atoms with E-state index < -0.39 is 10.0 Å². The maximum atomic E-state index is 12.1. The Kier molecular flexibility index (Phi) is 4.41. The third-order valence-corrected chi connectivity index (χ3v) is 5.39. The predicted molar refractivity (Wildman–Crippen MR) is 89.6 cm³/mol. The molecule has 124 valence electrons. The lowest BCUT2D eigenvalue weighted by Gasteiger charge is -2.19. The quantitative estimate of drug-likeness (QED) is 0.799. The van der Waals surface area contributed by atoms with Crippen molar-refractivity contribution in [3.63, 3.8) is 0 Å². The zero-order chi connectivity index (χ0) is 16.4. The molecule has 23 heavy (non-hydrogen) atoms. The average Bonchev–Trinajstić information content (AvgIpc) is 3.24. The number of aromatic amines is 1. The molecule has 7 heteroatoms. The van der Waals surface area contributed by atoms with Gasteiger partial charge in [-0.1, -0.05) is 18.2 Å². The second-order valence-corrected chi connectivity index (χ2v) is 7.93. The lowest BCUT2D eigenvalue weighted by atomic mass is 10.1. The number of carbonyl (C=O) groups is 1. The van der Waals surface area contributed by atoms with E-state index in [1.165, 1.54) is 10.6 Å². The van der Waals surface area contributed by atoms with Crippen LogP contribution < -0.4 is 5.32 Å². The number of sulfonamides is 1. The van der Waals surface area contributed by atoms with Gasteiger partial charge in [-0.3, -0.25) is 4.79 Å². The molecule has 1 saturated carbocycles. The third-order valence-electron chi connectivity index (χ3n) is 4.06. The molecule has 1 aromatic heterocycles. The largest absolute Gasteiger partial charge is 0.361 e. The van der Waals surface area contributed by atoms with Gasteiger partial charge < -0.3 is 10.3 Å². The maximum absolute atomic E-state index is 12.1. The number of hydrogen-bond donors (Lipinski definition) is 2. The fraction of sp³-hybridized carbons (Fsp3) is 0.438. The molecular formula is C16H21N3O3S. The standard InChI is InChI=1S/C16H21N3O3S/c1-23(21,22)19(13-6-7-13)9-8-17-16(20)10-12-11-18-15-5-3-2-4-14(12)15/h2-5,11,13,18H,6-10H2,1H3,(H,17,20). The zero-order valence-electron chi connectivity index (χ0n) is 13.1. The number of nitrogens with one attached hydrogen (secondary N) is 2. The van der Waals surface area contributed by atoms with Gasteiger partial charge in [-0.2, -0.15) is 4.31 Å². The summed E-state index contributed by atoms with van der Waals surface area (Å²) in [6.45, 7) is 0.674. The second-order valence-electron chi connectivity index (χ2n) is 5.99. The van der Waals surface area contributed by atoms with Crippen molar-refractivity contribution in [3.05, 3.63) is 36.0 Å². The smallest absolute Gasteiger partial charge is 0.224 e. The van der Waals surface area contributed by atoms with E-state index in [1.807, 2.05) is 30.5 Å². The molecule has 6 nitrogen and oxygen atoms in total. The van der Waals surface area contributed by atoms with Gasteiger partial charge in [0.25, 0.3) is 0 Å². The number of rotatable bonds is 7. The number of benzene rings is 1. The van der Waals surface area contributed by atoms with Crippen LogP contribution in [0.5, 0.6) is 0 Å². The molecule has 3 rings (SSSR count). The lowest BCUT2D eigenvalue weighted by molar-refractivity contribution is -0.120. The Bertz CT molecular complexity index is 809. The first-order chi connectivity index (χ1) is 10.9. The number of hydrogen-bond acceptors (Lipinski definition) is 3. The zero-order valence-corrected chi connectivity index (χ0v) is 13.9. The lowest BCUT2D eigenvalue weighted by Crippen LogP contribution is -2.39. The Morgan fingerprint density at radius 3 is 2.78 bits per heavy atom. The Morgan fingerprint density at radius 2 is 2.09 bits per heavy atom. The number of fused-ring (bicyclic) bond motifs is 1. The number of amides is 1. The van der Waals surface area contributed by atoms with E-state index in [0.717, 1.165) is 29.3 Å². The summed E-state index contributed by atoms with van der Waals surface area (Å²) < 4.78 is 24.9. The second kappa shape index (κ2) is 6.33. The van der Waals surface area contributed by atoms with Crippen LogP contribution >= 0.6 is 0 Å². The SMILES string of the molecule is CS(=O)(=O)N(CCNC(=O)Cc1c[nH]c2ccccc12)C1CC1. The van der Waals surface area contributed by atoms with E-state index in [1.54, 1.807) is 0 Å². The summed E-state index contributed by atoms with van der Waals surface area (Å²) in [6.07, 6.45) is 5.18. The molecule has 0 radical (unpaired) electrons. The van der Waals surface area contributed by atoms with Crippen molar-refractivity contribution in [1.82, 2.24) is 14.6 Å². The molecule has 0 unspecified atom stereocenters. The first-order valence-electron chi connectivity index (χ1n) is 7.73. The van der Waals surface area contributed by atoms with Gasteiger partial charge >= 0.3 is 0 Å². The van der Waals surface area contributed by atoms with Crippen molar-refractivity contribution in [2.45, 2.75) is 25.3 Å². The fourth-order valence-corrected chi connectivity index (χ4v) is 3.98. The highest BCUT2D eigenvalue weighted by Crippen LogP contribution is 2.28. The van der Waals surface area contributed by atoms with E-state index in [-0.39, 0.29) is 18.4 Å². The monoisotopic (exact) mass is 335 g/mol. The summed E-state index contributed by atoms with van der Waals surface area (Å²) in [5, 5.41) is 3.85. The Balaban J connectivity index is 1.53. The highest BCUT2D eigenvalue weighted by Gasteiger charge is 2.34.